The Morgan fingerprint density at radius 3 is 2.80 bits per heavy atom. The van der Waals surface area contributed by atoms with Crippen molar-refractivity contribution in [1.29, 1.82) is 0 Å². The maximum Gasteiger partial charge on any atom is 0.258 e. The monoisotopic (exact) mass is 427 g/mol. The molecule has 1 aromatic heterocycles. The average Bonchev–Trinajstić information content (AvgIpc) is 2.73. The van der Waals surface area contributed by atoms with Crippen molar-refractivity contribution in [3.63, 3.8) is 0 Å². The van der Waals surface area contributed by atoms with Crippen LogP contribution in [0.4, 0.5) is 21.8 Å². The molecule has 0 radical (unpaired) electrons. The molecule has 1 amide bonds. The Labute approximate surface area is 177 Å². The van der Waals surface area contributed by atoms with Crippen LogP contribution in [0.25, 0.3) is 11.3 Å². The molecule has 0 bridgehead atoms. The number of aryl methyl sites for hydroxylation is 1. The van der Waals surface area contributed by atoms with E-state index in [4.69, 9.17) is 11.6 Å². The van der Waals surface area contributed by atoms with Gasteiger partial charge in [-0.05, 0) is 42.8 Å². The quantitative estimate of drug-likeness (QED) is 0.577. The minimum absolute atomic E-state index is 0.111. The predicted molar refractivity (Wildman–Crippen MR) is 114 cm³/mol. The first-order valence-electron chi connectivity index (χ1n) is 9.33. The molecular formula is C21H19ClFN5O2. The maximum absolute atomic E-state index is 13.7. The smallest absolute Gasteiger partial charge is 0.258 e. The number of nitrogens with one attached hydrogen (secondary N) is 2. The maximum atomic E-state index is 13.7. The summed E-state index contributed by atoms with van der Waals surface area (Å²) in [6, 6.07) is 11.5. The van der Waals surface area contributed by atoms with Gasteiger partial charge in [0.05, 0.1) is 29.7 Å². The Kier molecular flexibility index (Phi) is 5.52. The first kappa shape index (κ1) is 20.1. The van der Waals surface area contributed by atoms with E-state index in [1.54, 1.807) is 24.0 Å². The number of halogens is 2. The van der Waals surface area contributed by atoms with Crippen molar-refractivity contribution in [3.8, 4) is 11.3 Å². The van der Waals surface area contributed by atoms with Crippen LogP contribution in [0.3, 0.4) is 0 Å². The molecule has 7 nitrogen and oxygen atoms in total. The Morgan fingerprint density at radius 1 is 1.27 bits per heavy atom. The number of hydrogen-bond donors (Lipinski definition) is 3. The lowest BCUT2D eigenvalue weighted by molar-refractivity contribution is 0.0949. The van der Waals surface area contributed by atoms with Crippen LogP contribution in [0.15, 0.2) is 42.5 Å². The Hall–Kier alpha value is -3.23. The second-order valence-electron chi connectivity index (χ2n) is 6.75. The SMILES string of the molecule is Cc1cc(F)ccc1-c1nc(NCCO)nc2c1C(=O)NCN2c1ccccc1Cl. The van der Waals surface area contributed by atoms with Gasteiger partial charge in [-0.1, -0.05) is 23.7 Å². The van der Waals surface area contributed by atoms with Crippen LogP contribution in [0, 0.1) is 12.7 Å². The summed E-state index contributed by atoms with van der Waals surface area (Å²) in [6.45, 7) is 2.05. The Balaban J connectivity index is 1.96. The van der Waals surface area contributed by atoms with E-state index in [2.05, 4.69) is 20.6 Å². The minimum Gasteiger partial charge on any atom is -0.395 e. The molecule has 1 aliphatic rings. The van der Waals surface area contributed by atoms with E-state index in [1.165, 1.54) is 12.1 Å². The molecule has 30 heavy (non-hydrogen) atoms. The number of fused-ring (bicyclic) bond motifs is 1. The molecule has 0 unspecified atom stereocenters. The van der Waals surface area contributed by atoms with Crippen molar-refractivity contribution < 1.29 is 14.3 Å². The fraction of sp³-hybridized carbons (Fsp3) is 0.190. The molecular weight excluding hydrogens is 409 g/mol. The zero-order valence-corrected chi connectivity index (χ0v) is 16.9. The van der Waals surface area contributed by atoms with Gasteiger partial charge in [0.2, 0.25) is 5.95 Å². The molecule has 3 N–H and O–H groups in total. The summed E-state index contributed by atoms with van der Waals surface area (Å²) in [6.07, 6.45) is 0. The van der Waals surface area contributed by atoms with Crippen LogP contribution in [0.2, 0.25) is 5.02 Å². The number of para-hydroxylation sites is 1. The summed E-state index contributed by atoms with van der Waals surface area (Å²) in [4.78, 5) is 23.7. The summed E-state index contributed by atoms with van der Waals surface area (Å²) in [5, 5.41) is 15.5. The molecule has 0 saturated carbocycles. The molecule has 0 fully saturated rings. The topological polar surface area (TPSA) is 90.4 Å². The molecule has 4 rings (SSSR count). The number of carbonyl (C=O) groups is 1. The molecule has 1 aliphatic heterocycles. The Bertz CT molecular complexity index is 1120. The second-order valence-corrected chi connectivity index (χ2v) is 7.15. The third kappa shape index (κ3) is 3.67. The fourth-order valence-corrected chi connectivity index (χ4v) is 3.61. The van der Waals surface area contributed by atoms with E-state index in [1.807, 2.05) is 18.2 Å². The van der Waals surface area contributed by atoms with Crippen molar-refractivity contribution in [2.45, 2.75) is 6.92 Å². The van der Waals surface area contributed by atoms with Gasteiger partial charge in [0, 0.05) is 12.1 Å². The predicted octanol–water partition coefficient (Wildman–Crippen LogP) is 3.49. The summed E-state index contributed by atoms with van der Waals surface area (Å²) >= 11 is 6.40. The standard InChI is InChI=1S/C21H19ClFN5O2/c1-12-10-13(23)6-7-14(12)18-17-19(27-21(26-18)24-8-9-29)28(11-25-20(17)30)16-5-3-2-4-15(16)22/h2-7,10,29H,8-9,11H2,1H3,(H,25,30)(H,24,26,27). The average molecular weight is 428 g/mol. The number of carbonyl (C=O) groups excluding carboxylic acids is 1. The zero-order valence-electron chi connectivity index (χ0n) is 16.1. The highest BCUT2D eigenvalue weighted by Crippen LogP contribution is 2.38. The minimum atomic E-state index is -0.375. The fourth-order valence-electron chi connectivity index (χ4n) is 3.37. The normalized spacial score (nSPS) is 13.1. The number of aliphatic hydroxyl groups excluding tert-OH is 1. The lowest BCUT2D eigenvalue weighted by Crippen LogP contribution is -2.42. The van der Waals surface area contributed by atoms with E-state index in [0.29, 0.717) is 33.3 Å². The van der Waals surface area contributed by atoms with Crippen LogP contribution in [0.1, 0.15) is 15.9 Å². The number of amides is 1. The van der Waals surface area contributed by atoms with E-state index < -0.39 is 0 Å². The summed E-state index contributed by atoms with van der Waals surface area (Å²) in [7, 11) is 0. The highest BCUT2D eigenvalue weighted by molar-refractivity contribution is 6.33. The van der Waals surface area contributed by atoms with E-state index in [9.17, 15) is 14.3 Å². The second kappa shape index (κ2) is 8.25. The highest BCUT2D eigenvalue weighted by atomic mass is 35.5. The first-order valence-corrected chi connectivity index (χ1v) is 9.71. The molecule has 3 aromatic rings. The van der Waals surface area contributed by atoms with Crippen molar-refractivity contribution in [2.24, 2.45) is 0 Å². The molecule has 2 heterocycles. The van der Waals surface area contributed by atoms with Crippen molar-refractivity contribution >= 4 is 35.0 Å². The highest BCUT2D eigenvalue weighted by Gasteiger charge is 2.31. The van der Waals surface area contributed by atoms with Gasteiger partial charge in [-0.25, -0.2) is 9.37 Å². The third-order valence-corrected chi connectivity index (χ3v) is 5.07. The zero-order chi connectivity index (χ0) is 21.3. The largest absolute Gasteiger partial charge is 0.395 e. The van der Waals surface area contributed by atoms with Crippen molar-refractivity contribution in [3.05, 3.63) is 64.4 Å². The number of aromatic nitrogens is 2. The third-order valence-electron chi connectivity index (χ3n) is 4.75. The van der Waals surface area contributed by atoms with Crippen molar-refractivity contribution in [1.82, 2.24) is 15.3 Å². The van der Waals surface area contributed by atoms with Crippen LogP contribution >= 0.6 is 11.6 Å². The summed E-state index contributed by atoms with van der Waals surface area (Å²) in [5.74, 6) is -0.0880. The number of hydrogen-bond acceptors (Lipinski definition) is 6. The van der Waals surface area contributed by atoms with Gasteiger partial charge in [0.1, 0.15) is 11.4 Å². The van der Waals surface area contributed by atoms with Crippen LogP contribution < -0.4 is 15.5 Å². The van der Waals surface area contributed by atoms with Gasteiger partial charge in [-0.15, -0.1) is 0 Å². The molecule has 0 saturated heterocycles. The van der Waals surface area contributed by atoms with Crippen LogP contribution in [0.5, 0.6) is 0 Å². The Morgan fingerprint density at radius 2 is 2.07 bits per heavy atom. The molecule has 154 valence electrons. The van der Waals surface area contributed by atoms with E-state index in [0.717, 1.165) is 0 Å². The first-order chi connectivity index (χ1) is 14.5. The van der Waals surface area contributed by atoms with Gasteiger partial charge in [0.15, 0.2) is 5.82 Å². The molecule has 0 spiro atoms. The number of aliphatic hydroxyl groups is 1. The molecule has 9 heteroatoms. The summed E-state index contributed by atoms with van der Waals surface area (Å²) < 4.78 is 13.7. The van der Waals surface area contributed by atoms with E-state index >= 15 is 0 Å². The number of nitrogens with zero attached hydrogens (tertiary/aromatic N) is 3. The van der Waals surface area contributed by atoms with E-state index in [-0.39, 0.29) is 43.1 Å². The molecule has 0 aliphatic carbocycles. The molecule has 2 aromatic carbocycles. The van der Waals surface area contributed by atoms with Crippen LogP contribution in [-0.2, 0) is 0 Å². The van der Waals surface area contributed by atoms with Gasteiger partial charge in [0.25, 0.3) is 5.91 Å². The van der Waals surface area contributed by atoms with Crippen LogP contribution in [-0.4, -0.2) is 40.8 Å². The number of anilines is 3. The number of benzene rings is 2. The lowest BCUT2D eigenvalue weighted by atomic mass is 9.99. The van der Waals surface area contributed by atoms with Gasteiger partial charge < -0.3 is 20.6 Å². The summed E-state index contributed by atoms with van der Waals surface area (Å²) in [5.41, 5.74) is 2.55. The van der Waals surface area contributed by atoms with Gasteiger partial charge in [-0.2, -0.15) is 4.98 Å². The van der Waals surface area contributed by atoms with Crippen molar-refractivity contribution in [2.75, 3.05) is 30.0 Å². The number of rotatable bonds is 5. The lowest BCUT2D eigenvalue weighted by Gasteiger charge is -2.32. The van der Waals surface area contributed by atoms with Gasteiger partial charge in [-0.3, -0.25) is 4.79 Å². The van der Waals surface area contributed by atoms with Gasteiger partial charge >= 0.3 is 0 Å². The molecule has 0 atom stereocenters.